The van der Waals surface area contributed by atoms with E-state index >= 15 is 0 Å². The number of benzene rings is 1. The molecule has 0 aliphatic heterocycles. The summed E-state index contributed by atoms with van der Waals surface area (Å²) in [5.41, 5.74) is 4.28. The second-order valence-corrected chi connectivity index (χ2v) is 4.16. The zero-order valence-electron chi connectivity index (χ0n) is 9.53. The number of rotatable bonds is 1. The van der Waals surface area contributed by atoms with Crippen molar-refractivity contribution in [1.82, 2.24) is 9.97 Å². The van der Waals surface area contributed by atoms with Gasteiger partial charge in [-0.25, -0.2) is 9.97 Å². The van der Waals surface area contributed by atoms with Crippen LogP contribution >= 0.6 is 11.6 Å². The molecule has 1 heterocycles. The second kappa shape index (κ2) is 4.52. The molecule has 0 aliphatic rings. The smallest absolute Gasteiger partial charge is 0.218 e. The van der Waals surface area contributed by atoms with Gasteiger partial charge in [-0.3, -0.25) is 0 Å². The molecule has 0 spiro atoms. The first-order chi connectivity index (χ1) is 8.10. The first-order valence-electron chi connectivity index (χ1n) is 5.12. The fourth-order valence-corrected chi connectivity index (χ4v) is 1.71. The second-order valence-electron chi connectivity index (χ2n) is 3.82. The minimum absolute atomic E-state index is 0.0947. The lowest BCUT2D eigenvalue weighted by atomic mass is 10.0. The van der Waals surface area contributed by atoms with Crippen molar-refractivity contribution in [2.45, 2.75) is 13.8 Å². The van der Waals surface area contributed by atoms with Gasteiger partial charge in [0.2, 0.25) is 5.28 Å². The van der Waals surface area contributed by atoms with E-state index < -0.39 is 0 Å². The summed E-state index contributed by atoms with van der Waals surface area (Å²) in [6.07, 6.45) is 0. The Labute approximate surface area is 105 Å². The summed E-state index contributed by atoms with van der Waals surface area (Å²) in [7, 11) is 0. The molecule has 0 radical (unpaired) electrons. The molecule has 0 atom stereocenters. The van der Waals surface area contributed by atoms with E-state index in [1.807, 2.05) is 38.1 Å². The van der Waals surface area contributed by atoms with Crippen LogP contribution < -0.4 is 0 Å². The Balaban J connectivity index is 2.56. The van der Waals surface area contributed by atoms with Crippen LogP contribution in [0.2, 0.25) is 5.28 Å². The van der Waals surface area contributed by atoms with Crippen molar-refractivity contribution in [3.63, 3.8) is 0 Å². The molecule has 0 aliphatic carbocycles. The Morgan fingerprint density at radius 2 is 1.88 bits per heavy atom. The highest BCUT2D eigenvalue weighted by Gasteiger charge is 2.06. The summed E-state index contributed by atoms with van der Waals surface area (Å²) in [4.78, 5) is 7.94. The van der Waals surface area contributed by atoms with E-state index in [-0.39, 0.29) is 11.0 Å². The molecule has 0 saturated heterocycles. The van der Waals surface area contributed by atoms with Crippen LogP contribution in [-0.4, -0.2) is 9.97 Å². The summed E-state index contributed by atoms with van der Waals surface area (Å²) in [5, 5.41) is 8.93. The topological polar surface area (TPSA) is 49.6 Å². The van der Waals surface area contributed by atoms with Crippen molar-refractivity contribution in [1.29, 1.82) is 5.26 Å². The number of halogens is 1. The van der Waals surface area contributed by atoms with Gasteiger partial charge in [-0.1, -0.05) is 12.1 Å². The van der Waals surface area contributed by atoms with Crippen molar-refractivity contribution in [2.24, 2.45) is 0 Å². The lowest BCUT2D eigenvalue weighted by molar-refractivity contribution is 1.14. The first kappa shape index (κ1) is 11.6. The van der Waals surface area contributed by atoms with Gasteiger partial charge < -0.3 is 0 Å². The summed E-state index contributed by atoms with van der Waals surface area (Å²) in [5.74, 6) is 0. The molecule has 0 fully saturated rings. The van der Waals surface area contributed by atoms with Gasteiger partial charge in [0.1, 0.15) is 11.8 Å². The van der Waals surface area contributed by atoms with Crippen molar-refractivity contribution in [2.75, 3.05) is 0 Å². The van der Waals surface area contributed by atoms with E-state index in [0.717, 1.165) is 5.56 Å². The van der Waals surface area contributed by atoms with Crippen LogP contribution in [0.3, 0.4) is 0 Å². The molecule has 2 aromatic rings. The van der Waals surface area contributed by atoms with Crippen LogP contribution in [0, 0.1) is 25.2 Å². The number of aryl methyl sites for hydroxylation is 2. The number of nitriles is 1. The summed E-state index contributed by atoms with van der Waals surface area (Å²) in [6.45, 7) is 4.08. The standard InChI is InChI=1S/C13H10ClN3/c1-8-3-4-10(5-9(8)2)12-6-11(7-15)16-13(14)17-12/h3-6H,1-2H3. The summed E-state index contributed by atoms with van der Waals surface area (Å²) in [6, 6.07) is 9.61. The van der Waals surface area contributed by atoms with E-state index in [1.165, 1.54) is 11.1 Å². The number of hydrogen-bond acceptors (Lipinski definition) is 3. The first-order valence-corrected chi connectivity index (χ1v) is 5.50. The Kier molecular flexibility index (Phi) is 3.08. The molecule has 0 saturated carbocycles. The molecule has 0 bridgehead atoms. The van der Waals surface area contributed by atoms with Crippen LogP contribution in [0.15, 0.2) is 24.3 Å². The van der Waals surface area contributed by atoms with Crippen LogP contribution in [0.4, 0.5) is 0 Å². The molecule has 1 aromatic heterocycles. The molecule has 1 aromatic carbocycles. The highest BCUT2D eigenvalue weighted by Crippen LogP contribution is 2.21. The van der Waals surface area contributed by atoms with Gasteiger partial charge in [-0.15, -0.1) is 0 Å². The van der Waals surface area contributed by atoms with Gasteiger partial charge in [0.25, 0.3) is 0 Å². The maximum absolute atomic E-state index is 8.83. The average Bonchev–Trinajstić information content (AvgIpc) is 2.32. The third-order valence-electron chi connectivity index (χ3n) is 2.62. The minimum Gasteiger partial charge on any atom is -0.218 e. The predicted molar refractivity (Wildman–Crippen MR) is 66.7 cm³/mol. The summed E-state index contributed by atoms with van der Waals surface area (Å²) >= 11 is 5.78. The molecule has 0 amide bonds. The van der Waals surface area contributed by atoms with E-state index in [4.69, 9.17) is 16.9 Å². The molecule has 0 unspecified atom stereocenters. The molecule has 4 heteroatoms. The third kappa shape index (κ3) is 2.43. The monoisotopic (exact) mass is 243 g/mol. The van der Waals surface area contributed by atoms with E-state index in [9.17, 15) is 0 Å². The third-order valence-corrected chi connectivity index (χ3v) is 2.79. The van der Waals surface area contributed by atoms with Crippen molar-refractivity contribution in [3.05, 3.63) is 46.4 Å². The van der Waals surface area contributed by atoms with Crippen LogP contribution in [0.5, 0.6) is 0 Å². The van der Waals surface area contributed by atoms with Gasteiger partial charge in [-0.05, 0) is 42.6 Å². The van der Waals surface area contributed by atoms with E-state index in [0.29, 0.717) is 5.69 Å². The molecular formula is C13H10ClN3. The van der Waals surface area contributed by atoms with Crippen molar-refractivity contribution < 1.29 is 0 Å². The SMILES string of the molecule is Cc1ccc(-c2cc(C#N)nc(Cl)n2)cc1C. The Hall–Kier alpha value is -1.92. The van der Waals surface area contributed by atoms with Crippen LogP contribution in [-0.2, 0) is 0 Å². The predicted octanol–water partition coefficient (Wildman–Crippen LogP) is 3.29. The van der Waals surface area contributed by atoms with Gasteiger partial charge in [0.05, 0.1) is 5.69 Å². The highest BCUT2D eigenvalue weighted by molar-refractivity contribution is 6.28. The number of hydrogen-bond donors (Lipinski definition) is 0. The maximum atomic E-state index is 8.83. The van der Waals surface area contributed by atoms with Gasteiger partial charge in [0.15, 0.2) is 0 Å². The lowest BCUT2D eigenvalue weighted by Gasteiger charge is -2.05. The fraction of sp³-hybridized carbons (Fsp3) is 0.154. The molecule has 0 N–H and O–H groups in total. The number of aromatic nitrogens is 2. The normalized spacial score (nSPS) is 10.0. The molecule has 2 rings (SSSR count). The quantitative estimate of drug-likeness (QED) is 0.722. The minimum atomic E-state index is 0.0947. The Morgan fingerprint density at radius 3 is 2.53 bits per heavy atom. The van der Waals surface area contributed by atoms with E-state index in [1.54, 1.807) is 6.07 Å². The average molecular weight is 244 g/mol. The zero-order valence-corrected chi connectivity index (χ0v) is 10.3. The van der Waals surface area contributed by atoms with Crippen molar-refractivity contribution in [3.8, 4) is 17.3 Å². The molecule has 84 valence electrons. The highest BCUT2D eigenvalue weighted by atomic mass is 35.5. The lowest BCUT2D eigenvalue weighted by Crippen LogP contribution is -1.92. The Bertz CT molecular complexity index is 615. The van der Waals surface area contributed by atoms with Gasteiger partial charge in [0, 0.05) is 11.6 Å². The summed E-state index contributed by atoms with van der Waals surface area (Å²) < 4.78 is 0. The largest absolute Gasteiger partial charge is 0.224 e. The van der Waals surface area contributed by atoms with Crippen LogP contribution in [0.25, 0.3) is 11.3 Å². The van der Waals surface area contributed by atoms with E-state index in [2.05, 4.69) is 9.97 Å². The Morgan fingerprint density at radius 1 is 1.12 bits per heavy atom. The maximum Gasteiger partial charge on any atom is 0.224 e. The van der Waals surface area contributed by atoms with Crippen molar-refractivity contribution >= 4 is 11.6 Å². The van der Waals surface area contributed by atoms with Crippen LogP contribution in [0.1, 0.15) is 16.8 Å². The number of nitrogens with zero attached hydrogens (tertiary/aromatic N) is 3. The molecule has 3 nitrogen and oxygen atoms in total. The van der Waals surface area contributed by atoms with Gasteiger partial charge >= 0.3 is 0 Å². The van der Waals surface area contributed by atoms with Gasteiger partial charge in [-0.2, -0.15) is 5.26 Å². The molecule has 17 heavy (non-hydrogen) atoms. The fourth-order valence-electron chi connectivity index (χ4n) is 1.52. The molecular weight excluding hydrogens is 234 g/mol. The zero-order chi connectivity index (χ0) is 12.4.